The fraction of sp³-hybridized carbons (Fsp3) is 0.231. The minimum Gasteiger partial charge on any atom is -0.493 e. The molecule has 3 rings (SSSR count). The van der Waals surface area contributed by atoms with E-state index in [-0.39, 0.29) is 29.1 Å². The van der Waals surface area contributed by atoms with Gasteiger partial charge in [0.05, 0.1) is 25.6 Å². The van der Waals surface area contributed by atoms with Crippen LogP contribution in [0, 0.1) is 10.1 Å². The quantitative estimate of drug-likeness (QED) is 0.199. The molecule has 0 aliphatic heterocycles. The Kier molecular flexibility index (Phi) is 8.34. The molecule has 176 valence electrons. The maximum Gasteiger partial charge on any atom is 0.284 e. The Balaban J connectivity index is 1.62. The summed E-state index contributed by atoms with van der Waals surface area (Å²) in [5.41, 5.74) is 1.22. The number of aryl methyl sites for hydroxylation is 1. The normalized spacial score (nSPS) is 10.4. The number of hydrogen-bond donors (Lipinski definition) is 1. The van der Waals surface area contributed by atoms with Crippen LogP contribution in [0.25, 0.3) is 0 Å². The van der Waals surface area contributed by atoms with Crippen LogP contribution in [0.3, 0.4) is 0 Å². The van der Waals surface area contributed by atoms with Crippen molar-refractivity contribution >= 4 is 17.4 Å². The number of amides is 1. The third-order valence-electron chi connectivity index (χ3n) is 5.35. The van der Waals surface area contributed by atoms with Gasteiger partial charge in [-0.15, -0.1) is 0 Å². The number of methoxy groups -OCH3 is 2. The largest absolute Gasteiger partial charge is 0.493 e. The van der Waals surface area contributed by atoms with Crippen LogP contribution in [0.1, 0.15) is 33.5 Å². The van der Waals surface area contributed by atoms with Crippen LogP contribution in [0.15, 0.2) is 66.7 Å². The van der Waals surface area contributed by atoms with Gasteiger partial charge in [0.2, 0.25) is 5.91 Å². The minimum absolute atomic E-state index is 0.0325. The average Bonchev–Trinajstić information content (AvgIpc) is 2.86. The van der Waals surface area contributed by atoms with Crippen molar-refractivity contribution in [2.45, 2.75) is 19.3 Å². The summed E-state index contributed by atoms with van der Waals surface area (Å²) in [6.45, 7) is 0.406. The molecule has 3 aromatic carbocycles. The van der Waals surface area contributed by atoms with Crippen LogP contribution in [-0.2, 0) is 17.6 Å². The van der Waals surface area contributed by atoms with E-state index in [0.29, 0.717) is 36.4 Å². The molecule has 8 heteroatoms. The standard InChI is InChI=1S/C26H26N2O6/c1-33-22-14-13-18(16-23(22)34-2)8-7-15-27-24(29)17-20-11-6-12-21(25(20)28(31)32)26(30)19-9-4-3-5-10-19/h3-6,9-14,16H,7-8,15,17H2,1-2H3,(H,27,29). The Morgan fingerprint density at radius 3 is 2.35 bits per heavy atom. The molecule has 0 spiro atoms. The average molecular weight is 463 g/mol. The number of nitro groups is 1. The first-order valence-corrected chi connectivity index (χ1v) is 10.8. The van der Waals surface area contributed by atoms with Crippen molar-refractivity contribution in [1.82, 2.24) is 5.32 Å². The molecule has 34 heavy (non-hydrogen) atoms. The summed E-state index contributed by atoms with van der Waals surface area (Å²) in [5.74, 6) is 0.486. The molecule has 0 atom stereocenters. The van der Waals surface area contributed by atoms with E-state index in [1.807, 2.05) is 18.2 Å². The summed E-state index contributed by atoms with van der Waals surface area (Å²) < 4.78 is 10.5. The summed E-state index contributed by atoms with van der Waals surface area (Å²) in [6.07, 6.45) is 1.19. The molecule has 0 radical (unpaired) electrons. The van der Waals surface area contributed by atoms with Gasteiger partial charge in [0.1, 0.15) is 5.56 Å². The second kappa shape index (κ2) is 11.6. The molecule has 0 heterocycles. The number of carbonyl (C=O) groups is 2. The van der Waals surface area contributed by atoms with Gasteiger partial charge in [-0.25, -0.2) is 0 Å². The number of nitrogens with one attached hydrogen (secondary N) is 1. The maximum absolute atomic E-state index is 12.8. The first kappa shape index (κ1) is 24.4. The first-order valence-electron chi connectivity index (χ1n) is 10.8. The van der Waals surface area contributed by atoms with E-state index >= 15 is 0 Å². The van der Waals surface area contributed by atoms with Crippen LogP contribution in [0.4, 0.5) is 5.69 Å². The van der Waals surface area contributed by atoms with E-state index < -0.39 is 10.7 Å². The number of rotatable bonds is 11. The van der Waals surface area contributed by atoms with Crippen LogP contribution < -0.4 is 14.8 Å². The van der Waals surface area contributed by atoms with Gasteiger partial charge in [0.25, 0.3) is 5.69 Å². The molecule has 0 aliphatic carbocycles. The first-order chi connectivity index (χ1) is 16.4. The number of benzene rings is 3. The molecule has 0 bridgehead atoms. The van der Waals surface area contributed by atoms with E-state index in [9.17, 15) is 19.7 Å². The molecular formula is C26H26N2O6. The lowest BCUT2D eigenvalue weighted by Gasteiger charge is -2.10. The zero-order valence-electron chi connectivity index (χ0n) is 19.1. The van der Waals surface area contributed by atoms with Crippen molar-refractivity contribution < 1.29 is 24.0 Å². The highest BCUT2D eigenvalue weighted by Gasteiger charge is 2.26. The Bertz CT molecular complexity index is 1180. The molecular weight excluding hydrogens is 436 g/mol. The highest BCUT2D eigenvalue weighted by atomic mass is 16.6. The van der Waals surface area contributed by atoms with E-state index in [1.54, 1.807) is 50.6 Å². The van der Waals surface area contributed by atoms with Gasteiger partial charge in [0, 0.05) is 17.7 Å². The third kappa shape index (κ3) is 5.98. The zero-order valence-corrected chi connectivity index (χ0v) is 19.1. The predicted molar refractivity (Wildman–Crippen MR) is 128 cm³/mol. The van der Waals surface area contributed by atoms with Crippen LogP contribution in [-0.4, -0.2) is 37.4 Å². The van der Waals surface area contributed by atoms with E-state index in [1.165, 1.54) is 12.1 Å². The van der Waals surface area contributed by atoms with E-state index in [2.05, 4.69) is 5.32 Å². The van der Waals surface area contributed by atoms with Crippen molar-refractivity contribution in [3.05, 3.63) is 99.1 Å². The summed E-state index contributed by atoms with van der Waals surface area (Å²) in [5, 5.41) is 14.6. The molecule has 0 saturated carbocycles. The van der Waals surface area contributed by atoms with Gasteiger partial charge in [0.15, 0.2) is 17.3 Å². The van der Waals surface area contributed by atoms with Crippen molar-refractivity contribution in [3.8, 4) is 11.5 Å². The maximum atomic E-state index is 12.8. The van der Waals surface area contributed by atoms with E-state index in [0.717, 1.165) is 5.56 Å². The lowest BCUT2D eigenvalue weighted by molar-refractivity contribution is -0.385. The van der Waals surface area contributed by atoms with Gasteiger partial charge in [-0.05, 0) is 36.6 Å². The van der Waals surface area contributed by atoms with Gasteiger partial charge in [-0.1, -0.05) is 48.5 Å². The minimum atomic E-state index is -0.601. The fourth-order valence-corrected chi connectivity index (χ4v) is 3.67. The Labute approximate surface area is 197 Å². The molecule has 0 aromatic heterocycles. The SMILES string of the molecule is COc1ccc(CCCNC(=O)Cc2cccc(C(=O)c3ccccc3)c2[N+](=O)[O-])cc1OC. The molecule has 0 saturated heterocycles. The van der Waals surface area contributed by atoms with Crippen molar-refractivity contribution in [2.75, 3.05) is 20.8 Å². The summed E-state index contributed by atoms with van der Waals surface area (Å²) >= 11 is 0. The monoisotopic (exact) mass is 462 g/mol. The molecule has 0 fully saturated rings. The number of nitro benzene ring substituents is 1. The Morgan fingerprint density at radius 2 is 1.68 bits per heavy atom. The molecule has 1 amide bonds. The van der Waals surface area contributed by atoms with Gasteiger partial charge < -0.3 is 14.8 Å². The van der Waals surface area contributed by atoms with Crippen LogP contribution in [0.5, 0.6) is 11.5 Å². The van der Waals surface area contributed by atoms with E-state index in [4.69, 9.17) is 9.47 Å². The van der Waals surface area contributed by atoms with Crippen molar-refractivity contribution in [2.24, 2.45) is 0 Å². The predicted octanol–water partition coefficient (Wildman–Crippen LogP) is 4.13. The summed E-state index contributed by atoms with van der Waals surface area (Å²) in [6, 6.07) is 18.5. The number of nitrogens with zero attached hydrogens (tertiary/aromatic N) is 1. The fourth-order valence-electron chi connectivity index (χ4n) is 3.67. The molecule has 1 N–H and O–H groups in total. The summed E-state index contributed by atoms with van der Waals surface area (Å²) in [4.78, 5) is 36.5. The lowest BCUT2D eigenvalue weighted by atomic mass is 9.97. The number of ketones is 1. The zero-order chi connectivity index (χ0) is 24.5. The molecule has 3 aromatic rings. The van der Waals surface area contributed by atoms with Crippen molar-refractivity contribution in [1.29, 1.82) is 0 Å². The van der Waals surface area contributed by atoms with Gasteiger partial charge in [-0.3, -0.25) is 19.7 Å². The highest BCUT2D eigenvalue weighted by molar-refractivity contribution is 6.11. The second-order valence-electron chi connectivity index (χ2n) is 7.59. The Morgan fingerprint density at radius 1 is 0.941 bits per heavy atom. The Hall–Kier alpha value is -4.20. The van der Waals surface area contributed by atoms with Crippen LogP contribution in [0.2, 0.25) is 0 Å². The second-order valence-corrected chi connectivity index (χ2v) is 7.59. The third-order valence-corrected chi connectivity index (χ3v) is 5.35. The lowest BCUT2D eigenvalue weighted by Crippen LogP contribution is -2.27. The molecule has 0 unspecified atom stereocenters. The number of carbonyl (C=O) groups excluding carboxylic acids is 2. The number of ether oxygens (including phenoxy) is 2. The molecule has 0 aliphatic rings. The number of hydrogen-bond acceptors (Lipinski definition) is 6. The smallest absolute Gasteiger partial charge is 0.284 e. The molecule has 8 nitrogen and oxygen atoms in total. The van der Waals surface area contributed by atoms with Crippen LogP contribution >= 0.6 is 0 Å². The topological polar surface area (TPSA) is 108 Å². The van der Waals surface area contributed by atoms with Gasteiger partial charge >= 0.3 is 0 Å². The number of para-hydroxylation sites is 1. The van der Waals surface area contributed by atoms with Gasteiger partial charge in [-0.2, -0.15) is 0 Å². The highest BCUT2D eigenvalue weighted by Crippen LogP contribution is 2.28. The summed E-state index contributed by atoms with van der Waals surface area (Å²) in [7, 11) is 3.15. The van der Waals surface area contributed by atoms with Crippen molar-refractivity contribution in [3.63, 3.8) is 0 Å².